The summed E-state index contributed by atoms with van der Waals surface area (Å²) in [6, 6.07) is 0.277. The van der Waals surface area contributed by atoms with Gasteiger partial charge in [-0.1, -0.05) is 30.9 Å². The number of carbonyl (C=O) groups is 1. The molecule has 1 aliphatic rings. The maximum absolute atomic E-state index is 10.8. The lowest BCUT2D eigenvalue weighted by molar-refractivity contribution is 0.0697. The zero-order chi connectivity index (χ0) is 10.8. The summed E-state index contributed by atoms with van der Waals surface area (Å²) in [5.74, 6) is -1.01. The second-order valence-corrected chi connectivity index (χ2v) is 4.25. The van der Waals surface area contributed by atoms with Crippen LogP contribution in [-0.2, 0) is 0 Å². The van der Waals surface area contributed by atoms with Gasteiger partial charge in [-0.15, -0.1) is 0 Å². The molecule has 1 fully saturated rings. The lowest BCUT2D eigenvalue weighted by atomic mass is 9.96. The van der Waals surface area contributed by atoms with Crippen LogP contribution in [0.5, 0.6) is 0 Å². The molecule has 2 rings (SSSR count). The Morgan fingerprint density at radius 1 is 1.47 bits per heavy atom. The minimum atomic E-state index is -1.01. The monoisotopic (exact) mass is 228 g/mol. The maximum Gasteiger partial charge on any atom is 0.340 e. The van der Waals surface area contributed by atoms with Crippen LogP contribution in [0.4, 0.5) is 0 Å². The lowest BCUT2D eigenvalue weighted by Gasteiger charge is -2.22. The predicted octanol–water partition coefficient (Wildman–Crippen LogP) is 2.74. The molecule has 0 spiro atoms. The molecule has 1 aromatic heterocycles. The van der Waals surface area contributed by atoms with Crippen molar-refractivity contribution in [3.63, 3.8) is 0 Å². The van der Waals surface area contributed by atoms with Crippen molar-refractivity contribution in [1.82, 2.24) is 9.78 Å². The number of aromatic carboxylic acids is 1. The summed E-state index contributed by atoms with van der Waals surface area (Å²) in [5.41, 5.74) is 0.0993. The van der Waals surface area contributed by atoms with Crippen LogP contribution in [0.2, 0.25) is 5.15 Å². The molecule has 82 valence electrons. The van der Waals surface area contributed by atoms with Gasteiger partial charge >= 0.3 is 5.97 Å². The Morgan fingerprint density at radius 2 is 2.13 bits per heavy atom. The third-order valence-electron chi connectivity index (χ3n) is 2.89. The standard InChI is InChI=1S/C10H13ClN2O2/c11-9-8(10(14)15)6-12-13(9)7-4-2-1-3-5-7/h6-7H,1-5H2,(H,14,15). The summed E-state index contributed by atoms with van der Waals surface area (Å²) in [6.07, 6.45) is 7.01. The van der Waals surface area contributed by atoms with Gasteiger partial charge in [-0.05, 0) is 12.8 Å². The van der Waals surface area contributed by atoms with Crippen LogP contribution < -0.4 is 0 Å². The van der Waals surface area contributed by atoms with Crippen LogP contribution in [0.25, 0.3) is 0 Å². The van der Waals surface area contributed by atoms with Gasteiger partial charge in [0.1, 0.15) is 10.7 Å². The van der Waals surface area contributed by atoms with Crippen molar-refractivity contribution < 1.29 is 9.90 Å². The number of carboxylic acid groups (broad SMARTS) is 1. The average molecular weight is 229 g/mol. The Bertz CT molecular complexity index is 369. The molecular formula is C10H13ClN2O2. The molecular weight excluding hydrogens is 216 g/mol. The van der Waals surface area contributed by atoms with E-state index < -0.39 is 5.97 Å². The number of hydrogen-bond donors (Lipinski definition) is 1. The van der Waals surface area contributed by atoms with Crippen LogP contribution in [0.15, 0.2) is 6.20 Å². The average Bonchev–Trinajstić information content (AvgIpc) is 2.61. The largest absolute Gasteiger partial charge is 0.478 e. The third kappa shape index (κ3) is 2.00. The quantitative estimate of drug-likeness (QED) is 0.847. The Balaban J connectivity index is 2.24. The molecule has 0 aliphatic heterocycles. The topological polar surface area (TPSA) is 55.1 Å². The number of hydrogen-bond acceptors (Lipinski definition) is 2. The van der Waals surface area contributed by atoms with Gasteiger partial charge in [0, 0.05) is 0 Å². The van der Waals surface area contributed by atoms with Crippen LogP contribution in [0.3, 0.4) is 0 Å². The number of aromatic nitrogens is 2. The molecule has 0 bridgehead atoms. The highest BCUT2D eigenvalue weighted by atomic mass is 35.5. The van der Waals surface area contributed by atoms with Gasteiger partial charge in [0.15, 0.2) is 0 Å². The van der Waals surface area contributed by atoms with Gasteiger partial charge in [-0.3, -0.25) is 4.68 Å². The molecule has 0 saturated heterocycles. The van der Waals surface area contributed by atoms with E-state index >= 15 is 0 Å². The number of halogens is 1. The van der Waals surface area contributed by atoms with Crippen LogP contribution in [0, 0.1) is 0 Å². The third-order valence-corrected chi connectivity index (χ3v) is 3.26. The number of rotatable bonds is 2. The molecule has 1 heterocycles. The lowest BCUT2D eigenvalue weighted by Crippen LogP contribution is -2.14. The maximum atomic E-state index is 10.8. The van der Waals surface area contributed by atoms with Crippen molar-refractivity contribution in [2.45, 2.75) is 38.1 Å². The summed E-state index contributed by atoms with van der Waals surface area (Å²) in [7, 11) is 0. The Labute approximate surface area is 92.8 Å². The zero-order valence-corrected chi connectivity index (χ0v) is 9.07. The van der Waals surface area contributed by atoms with Crippen molar-refractivity contribution in [1.29, 1.82) is 0 Å². The van der Waals surface area contributed by atoms with Crippen molar-refractivity contribution in [2.75, 3.05) is 0 Å². The summed E-state index contributed by atoms with van der Waals surface area (Å²) in [4.78, 5) is 10.8. The van der Waals surface area contributed by atoms with Crippen molar-refractivity contribution >= 4 is 17.6 Å². The van der Waals surface area contributed by atoms with E-state index in [1.807, 2.05) is 0 Å². The highest BCUT2D eigenvalue weighted by molar-refractivity contribution is 6.32. The second-order valence-electron chi connectivity index (χ2n) is 3.89. The van der Waals surface area contributed by atoms with Gasteiger partial charge in [0.2, 0.25) is 0 Å². The first-order valence-electron chi connectivity index (χ1n) is 5.16. The van der Waals surface area contributed by atoms with Gasteiger partial charge in [0.05, 0.1) is 12.2 Å². The second kappa shape index (κ2) is 4.23. The van der Waals surface area contributed by atoms with E-state index in [0.29, 0.717) is 0 Å². The molecule has 0 radical (unpaired) electrons. The molecule has 15 heavy (non-hydrogen) atoms. The molecule has 0 atom stereocenters. The fourth-order valence-corrected chi connectivity index (χ4v) is 2.38. The van der Waals surface area contributed by atoms with Gasteiger partial charge in [-0.25, -0.2) is 4.79 Å². The van der Waals surface area contributed by atoms with Crippen molar-refractivity contribution in [3.8, 4) is 0 Å². The van der Waals surface area contributed by atoms with E-state index in [1.54, 1.807) is 4.68 Å². The van der Waals surface area contributed by atoms with E-state index in [9.17, 15) is 4.79 Å². The highest BCUT2D eigenvalue weighted by Gasteiger charge is 2.22. The van der Waals surface area contributed by atoms with E-state index in [4.69, 9.17) is 16.7 Å². The summed E-state index contributed by atoms with van der Waals surface area (Å²) >= 11 is 5.97. The van der Waals surface area contributed by atoms with Crippen LogP contribution in [-0.4, -0.2) is 20.9 Å². The first-order valence-corrected chi connectivity index (χ1v) is 5.54. The minimum Gasteiger partial charge on any atom is -0.478 e. The molecule has 4 nitrogen and oxygen atoms in total. The molecule has 1 N–H and O–H groups in total. The Kier molecular flexibility index (Phi) is 2.95. The molecule has 1 aromatic rings. The van der Waals surface area contributed by atoms with Crippen molar-refractivity contribution in [3.05, 3.63) is 16.9 Å². The smallest absolute Gasteiger partial charge is 0.340 e. The molecule has 5 heteroatoms. The number of nitrogens with zero attached hydrogens (tertiary/aromatic N) is 2. The normalized spacial score (nSPS) is 17.9. The van der Waals surface area contributed by atoms with Gasteiger partial charge in [0.25, 0.3) is 0 Å². The van der Waals surface area contributed by atoms with E-state index in [0.717, 1.165) is 12.8 Å². The molecule has 0 aromatic carbocycles. The van der Waals surface area contributed by atoms with Crippen molar-refractivity contribution in [2.24, 2.45) is 0 Å². The summed E-state index contributed by atoms with van der Waals surface area (Å²) in [5, 5.41) is 13.2. The van der Waals surface area contributed by atoms with Crippen LogP contribution >= 0.6 is 11.6 Å². The molecule has 1 saturated carbocycles. The Hall–Kier alpha value is -1.03. The fraction of sp³-hybridized carbons (Fsp3) is 0.600. The SMILES string of the molecule is O=C(O)c1cnn(C2CCCCC2)c1Cl. The summed E-state index contributed by atoms with van der Waals surface area (Å²) in [6.45, 7) is 0. The van der Waals surface area contributed by atoms with Gasteiger partial charge in [-0.2, -0.15) is 5.10 Å². The van der Waals surface area contributed by atoms with Crippen LogP contribution in [0.1, 0.15) is 48.5 Å². The minimum absolute atomic E-state index is 0.0993. The first kappa shape index (κ1) is 10.5. The van der Waals surface area contributed by atoms with E-state index in [1.165, 1.54) is 25.5 Å². The fourth-order valence-electron chi connectivity index (χ4n) is 2.07. The molecule has 0 unspecified atom stereocenters. The number of carboxylic acids is 1. The Morgan fingerprint density at radius 3 is 2.67 bits per heavy atom. The molecule has 0 amide bonds. The van der Waals surface area contributed by atoms with Gasteiger partial charge < -0.3 is 5.11 Å². The van der Waals surface area contributed by atoms with E-state index in [-0.39, 0.29) is 16.8 Å². The molecule has 1 aliphatic carbocycles. The highest BCUT2D eigenvalue weighted by Crippen LogP contribution is 2.31. The predicted molar refractivity (Wildman–Crippen MR) is 56.3 cm³/mol. The summed E-state index contributed by atoms with van der Waals surface area (Å²) < 4.78 is 1.66. The zero-order valence-electron chi connectivity index (χ0n) is 8.32. The van der Waals surface area contributed by atoms with E-state index in [2.05, 4.69) is 5.10 Å². The first-order chi connectivity index (χ1) is 7.20.